The third-order valence-corrected chi connectivity index (χ3v) is 4.95. The summed E-state index contributed by atoms with van der Waals surface area (Å²) in [5.41, 5.74) is 1.83. The average molecular weight is 449 g/mol. The minimum Gasteiger partial charge on any atom is -0.410 e. The molecule has 0 radical (unpaired) electrons. The SMILES string of the molecule is Cc1cc(N(C)C(=O)[C@H](Cc2cc(F)cc(F)c2)NC(=O)Oc2ccccc2)ccc1C#N. The van der Waals surface area contributed by atoms with Crippen LogP contribution in [0.2, 0.25) is 0 Å². The molecule has 0 bridgehead atoms. The first-order valence-corrected chi connectivity index (χ1v) is 10.0. The summed E-state index contributed by atoms with van der Waals surface area (Å²) in [6.07, 6.45) is -1.06. The van der Waals surface area contributed by atoms with E-state index in [4.69, 9.17) is 10.00 Å². The van der Waals surface area contributed by atoms with Crippen LogP contribution < -0.4 is 15.0 Å². The molecule has 1 N–H and O–H groups in total. The van der Waals surface area contributed by atoms with Gasteiger partial charge in [0.2, 0.25) is 5.91 Å². The van der Waals surface area contributed by atoms with Crippen molar-refractivity contribution in [3.8, 4) is 11.8 Å². The van der Waals surface area contributed by atoms with Gasteiger partial charge in [-0.3, -0.25) is 4.79 Å². The van der Waals surface area contributed by atoms with Gasteiger partial charge in [-0.05, 0) is 60.5 Å². The average Bonchev–Trinajstić information content (AvgIpc) is 2.77. The molecule has 0 aliphatic carbocycles. The fraction of sp³-hybridized carbons (Fsp3) is 0.160. The van der Waals surface area contributed by atoms with Crippen molar-refractivity contribution in [2.45, 2.75) is 19.4 Å². The van der Waals surface area contributed by atoms with Gasteiger partial charge in [0.05, 0.1) is 11.6 Å². The Kier molecular flexibility index (Phi) is 7.36. The van der Waals surface area contributed by atoms with Crippen LogP contribution in [0.15, 0.2) is 66.7 Å². The third-order valence-electron chi connectivity index (χ3n) is 4.95. The number of hydrogen-bond donors (Lipinski definition) is 1. The first-order valence-electron chi connectivity index (χ1n) is 10.0. The molecular weight excluding hydrogens is 428 g/mol. The first kappa shape index (κ1) is 23.4. The number of nitriles is 1. The predicted octanol–water partition coefficient (Wildman–Crippen LogP) is 4.51. The highest BCUT2D eigenvalue weighted by Gasteiger charge is 2.27. The summed E-state index contributed by atoms with van der Waals surface area (Å²) in [6, 6.07) is 16.9. The second kappa shape index (κ2) is 10.4. The van der Waals surface area contributed by atoms with E-state index < -0.39 is 29.7 Å². The largest absolute Gasteiger partial charge is 0.413 e. The van der Waals surface area contributed by atoms with Crippen LogP contribution in [0.5, 0.6) is 5.75 Å². The smallest absolute Gasteiger partial charge is 0.410 e. The zero-order valence-corrected chi connectivity index (χ0v) is 18.0. The lowest BCUT2D eigenvalue weighted by Gasteiger charge is -2.25. The molecule has 6 nitrogen and oxygen atoms in total. The van der Waals surface area contributed by atoms with E-state index in [2.05, 4.69) is 11.4 Å². The number of likely N-dealkylation sites (N-methyl/N-ethyl adjacent to an activating group) is 1. The van der Waals surface area contributed by atoms with Crippen LogP contribution in [-0.2, 0) is 11.2 Å². The van der Waals surface area contributed by atoms with E-state index in [9.17, 15) is 18.4 Å². The quantitative estimate of drug-likeness (QED) is 0.600. The van der Waals surface area contributed by atoms with Gasteiger partial charge >= 0.3 is 6.09 Å². The fourth-order valence-corrected chi connectivity index (χ4v) is 3.27. The molecule has 1 atom stereocenters. The van der Waals surface area contributed by atoms with Crippen LogP contribution in [-0.4, -0.2) is 25.1 Å². The normalized spacial score (nSPS) is 11.2. The van der Waals surface area contributed by atoms with Gasteiger partial charge < -0.3 is 15.0 Å². The predicted molar refractivity (Wildman–Crippen MR) is 119 cm³/mol. The molecular formula is C25H21F2N3O3. The molecule has 0 aliphatic heterocycles. The highest BCUT2D eigenvalue weighted by Crippen LogP contribution is 2.20. The van der Waals surface area contributed by atoms with Gasteiger partial charge in [-0.1, -0.05) is 18.2 Å². The zero-order chi connectivity index (χ0) is 24.0. The lowest BCUT2D eigenvalue weighted by Crippen LogP contribution is -2.49. The Hall–Kier alpha value is -4.25. The highest BCUT2D eigenvalue weighted by molar-refractivity contribution is 5.98. The molecule has 3 aromatic carbocycles. The van der Waals surface area contributed by atoms with Crippen LogP contribution in [0.25, 0.3) is 0 Å². The van der Waals surface area contributed by atoms with Gasteiger partial charge in [-0.2, -0.15) is 5.26 Å². The summed E-state index contributed by atoms with van der Waals surface area (Å²) in [6.45, 7) is 1.74. The number of anilines is 1. The number of carbonyl (C=O) groups excluding carboxylic acids is 2. The highest BCUT2D eigenvalue weighted by atomic mass is 19.1. The summed E-state index contributed by atoms with van der Waals surface area (Å²) >= 11 is 0. The zero-order valence-electron chi connectivity index (χ0n) is 18.0. The molecule has 0 saturated carbocycles. The summed E-state index contributed by atoms with van der Waals surface area (Å²) in [5.74, 6) is -1.85. The molecule has 2 amide bonds. The van der Waals surface area contributed by atoms with Gasteiger partial charge in [0.1, 0.15) is 23.4 Å². The number of aryl methyl sites for hydroxylation is 1. The van der Waals surface area contributed by atoms with Crippen molar-refractivity contribution in [3.63, 3.8) is 0 Å². The Morgan fingerprint density at radius 1 is 1.06 bits per heavy atom. The Morgan fingerprint density at radius 3 is 2.33 bits per heavy atom. The van der Waals surface area contributed by atoms with Crippen LogP contribution in [0.4, 0.5) is 19.3 Å². The van der Waals surface area contributed by atoms with E-state index in [1.165, 1.54) is 11.9 Å². The number of amides is 2. The van der Waals surface area contributed by atoms with Crippen LogP contribution >= 0.6 is 0 Å². The molecule has 0 aromatic heterocycles. The van der Waals surface area contributed by atoms with Crippen molar-refractivity contribution in [3.05, 3.63) is 95.1 Å². The molecule has 0 aliphatic rings. The van der Waals surface area contributed by atoms with E-state index in [-0.39, 0.29) is 17.7 Å². The second-order valence-electron chi connectivity index (χ2n) is 7.39. The molecule has 0 heterocycles. The number of ether oxygens (including phenoxy) is 1. The van der Waals surface area contributed by atoms with Gasteiger partial charge in [-0.15, -0.1) is 0 Å². The van der Waals surface area contributed by atoms with Crippen molar-refractivity contribution in [2.24, 2.45) is 0 Å². The standard InChI is InChI=1S/C25H21F2N3O3/c1-16-10-21(9-8-18(16)15-28)30(2)24(31)23(13-17-11-19(26)14-20(27)12-17)29-25(32)33-22-6-4-3-5-7-22/h3-12,14,23H,13H2,1-2H3,(H,29,32)/t23-/m0/s1. The summed E-state index contributed by atoms with van der Waals surface area (Å²) in [4.78, 5) is 27.0. The third kappa shape index (κ3) is 6.14. The van der Waals surface area contributed by atoms with Crippen LogP contribution in [0.1, 0.15) is 16.7 Å². The monoisotopic (exact) mass is 449 g/mol. The number of nitrogens with zero attached hydrogens (tertiary/aromatic N) is 2. The van der Waals surface area contributed by atoms with Gasteiger partial charge in [0.15, 0.2) is 0 Å². The number of carbonyl (C=O) groups is 2. The molecule has 0 saturated heterocycles. The van der Waals surface area contributed by atoms with Crippen molar-refractivity contribution in [1.29, 1.82) is 5.26 Å². The maximum absolute atomic E-state index is 13.7. The van der Waals surface area contributed by atoms with Crippen molar-refractivity contribution in [2.75, 3.05) is 11.9 Å². The molecule has 168 valence electrons. The molecule has 0 fully saturated rings. The second-order valence-corrected chi connectivity index (χ2v) is 7.39. The maximum atomic E-state index is 13.7. The summed E-state index contributed by atoms with van der Waals surface area (Å²) in [7, 11) is 1.51. The Morgan fingerprint density at radius 2 is 1.73 bits per heavy atom. The molecule has 0 unspecified atom stereocenters. The Bertz CT molecular complexity index is 1190. The van der Waals surface area contributed by atoms with Gasteiger partial charge in [0, 0.05) is 25.2 Å². The maximum Gasteiger partial charge on any atom is 0.413 e. The number of hydrogen-bond acceptors (Lipinski definition) is 4. The molecule has 33 heavy (non-hydrogen) atoms. The van der Waals surface area contributed by atoms with E-state index in [1.54, 1.807) is 55.5 Å². The molecule has 8 heteroatoms. The minimum atomic E-state index is -1.18. The lowest BCUT2D eigenvalue weighted by atomic mass is 10.0. The lowest BCUT2D eigenvalue weighted by molar-refractivity contribution is -0.120. The van der Waals surface area contributed by atoms with E-state index >= 15 is 0 Å². The topological polar surface area (TPSA) is 82.4 Å². The Balaban J connectivity index is 1.85. The van der Waals surface area contributed by atoms with Gasteiger partial charge in [0.25, 0.3) is 0 Å². The number of nitrogens with one attached hydrogen (secondary N) is 1. The van der Waals surface area contributed by atoms with E-state index in [0.717, 1.165) is 18.2 Å². The number of benzene rings is 3. The van der Waals surface area contributed by atoms with Crippen molar-refractivity contribution < 1.29 is 23.1 Å². The first-order chi connectivity index (χ1) is 15.8. The number of halogens is 2. The van der Waals surface area contributed by atoms with Gasteiger partial charge in [-0.25, -0.2) is 13.6 Å². The molecule has 0 spiro atoms. The van der Waals surface area contributed by atoms with Crippen molar-refractivity contribution in [1.82, 2.24) is 5.32 Å². The summed E-state index contributed by atoms with van der Waals surface area (Å²) in [5, 5.41) is 11.6. The van der Waals surface area contributed by atoms with Crippen molar-refractivity contribution >= 4 is 17.7 Å². The number of para-hydroxylation sites is 1. The fourth-order valence-electron chi connectivity index (χ4n) is 3.27. The molecule has 3 rings (SSSR count). The van der Waals surface area contributed by atoms with Crippen LogP contribution in [0, 0.1) is 29.9 Å². The minimum absolute atomic E-state index is 0.170. The summed E-state index contributed by atoms with van der Waals surface area (Å²) < 4.78 is 32.6. The molecule has 3 aromatic rings. The van der Waals surface area contributed by atoms with E-state index in [1.807, 2.05) is 0 Å². The Labute approximate surface area is 190 Å². The number of rotatable bonds is 6. The van der Waals surface area contributed by atoms with Crippen LogP contribution in [0.3, 0.4) is 0 Å². The van der Waals surface area contributed by atoms with E-state index in [0.29, 0.717) is 16.8 Å².